The van der Waals surface area contributed by atoms with E-state index in [1.807, 2.05) is 0 Å². The van der Waals surface area contributed by atoms with Crippen molar-refractivity contribution in [2.45, 2.75) is 31.3 Å². The Morgan fingerprint density at radius 1 is 1.42 bits per heavy atom. The third kappa shape index (κ3) is 3.41. The van der Waals surface area contributed by atoms with E-state index < -0.39 is 0 Å². The lowest BCUT2D eigenvalue weighted by molar-refractivity contribution is -0.121. The Morgan fingerprint density at radius 3 is 3.04 bits per heavy atom. The smallest absolute Gasteiger partial charge is 0.292 e. The largest absolute Gasteiger partial charge is 0.356 e. The molecular formula is C15H24N6O3. The summed E-state index contributed by atoms with van der Waals surface area (Å²) in [5, 5.41) is 9.14. The van der Waals surface area contributed by atoms with Crippen molar-refractivity contribution in [1.29, 1.82) is 0 Å². The lowest BCUT2D eigenvalue weighted by Crippen LogP contribution is -2.60. The highest BCUT2D eigenvalue weighted by molar-refractivity contribution is 5.89. The molecule has 2 aliphatic rings. The summed E-state index contributed by atoms with van der Waals surface area (Å²) < 4.78 is 5.19. The highest BCUT2D eigenvalue weighted by Gasteiger charge is 2.41. The molecule has 0 aliphatic carbocycles. The number of carbonyl (C=O) groups is 2. The first-order valence-electron chi connectivity index (χ1n) is 8.27. The van der Waals surface area contributed by atoms with Crippen LogP contribution in [0.2, 0.25) is 0 Å². The van der Waals surface area contributed by atoms with Crippen molar-refractivity contribution in [3.63, 3.8) is 0 Å². The van der Waals surface area contributed by atoms with E-state index in [0.29, 0.717) is 25.4 Å². The van der Waals surface area contributed by atoms with Crippen molar-refractivity contribution in [3.8, 4) is 0 Å². The highest BCUT2D eigenvalue weighted by Crippen LogP contribution is 2.30. The lowest BCUT2D eigenvalue weighted by Gasteiger charge is -2.49. The van der Waals surface area contributed by atoms with Crippen LogP contribution in [0.4, 0.5) is 0 Å². The summed E-state index contributed by atoms with van der Waals surface area (Å²) in [4.78, 5) is 32.0. The molecule has 3 rings (SSSR count). The summed E-state index contributed by atoms with van der Waals surface area (Å²) in [6, 6.07) is 0. The van der Waals surface area contributed by atoms with Gasteiger partial charge in [-0.3, -0.25) is 19.4 Å². The van der Waals surface area contributed by atoms with E-state index in [-0.39, 0.29) is 23.2 Å². The maximum atomic E-state index is 11.7. The van der Waals surface area contributed by atoms with Gasteiger partial charge in [-0.05, 0) is 19.9 Å². The summed E-state index contributed by atoms with van der Waals surface area (Å²) in [5.41, 5.74) is -0.0128. The first kappa shape index (κ1) is 16.8. The maximum absolute atomic E-state index is 11.7. The first-order valence-corrected chi connectivity index (χ1v) is 8.27. The van der Waals surface area contributed by atoms with Gasteiger partial charge in [0.25, 0.3) is 11.7 Å². The van der Waals surface area contributed by atoms with Gasteiger partial charge in [-0.15, -0.1) is 0 Å². The summed E-state index contributed by atoms with van der Waals surface area (Å²) in [5.74, 6) is 0.273. The van der Waals surface area contributed by atoms with Crippen LogP contribution in [0.25, 0.3) is 0 Å². The maximum Gasteiger partial charge on any atom is 0.292 e. The Hall–Kier alpha value is -2.00. The van der Waals surface area contributed by atoms with Crippen molar-refractivity contribution in [2.24, 2.45) is 0 Å². The van der Waals surface area contributed by atoms with Gasteiger partial charge in [0.15, 0.2) is 0 Å². The number of nitrogens with zero attached hydrogens (tertiary/aromatic N) is 4. The average Bonchev–Trinajstić information content (AvgIpc) is 2.96. The van der Waals surface area contributed by atoms with Crippen LogP contribution in [0.5, 0.6) is 0 Å². The normalized spacial score (nSPS) is 26.2. The second kappa shape index (κ2) is 6.86. The molecule has 9 heteroatoms. The molecule has 9 nitrogen and oxygen atoms in total. The number of piperazine rings is 1. The SMILES string of the molecule is CNC(=O)c1noc(CN2CCN(C)[C@@]3(CCNC(=O)CC3)C2)n1. The quantitative estimate of drug-likeness (QED) is 0.746. The van der Waals surface area contributed by atoms with Crippen LogP contribution in [0.3, 0.4) is 0 Å². The van der Waals surface area contributed by atoms with E-state index in [9.17, 15) is 9.59 Å². The fourth-order valence-corrected chi connectivity index (χ4v) is 3.53. The molecule has 2 fully saturated rings. The molecule has 2 N–H and O–H groups in total. The average molecular weight is 336 g/mol. The van der Waals surface area contributed by atoms with Gasteiger partial charge in [-0.2, -0.15) is 4.98 Å². The van der Waals surface area contributed by atoms with E-state index >= 15 is 0 Å². The molecule has 3 heterocycles. The van der Waals surface area contributed by atoms with Gasteiger partial charge < -0.3 is 15.2 Å². The molecule has 2 aliphatic heterocycles. The van der Waals surface area contributed by atoms with Crippen molar-refractivity contribution in [3.05, 3.63) is 11.7 Å². The van der Waals surface area contributed by atoms with E-state index in [4.69, 9.17) is 4.52 Å². The predicted octanol–water partition coefficient (Wildman–Crippen LogP) is -0.784. The van der Waals surface area contributed by atoms with Gasteiger partial charge >= 0.3 is 0 Å². The third-order valence-corrected chi connectivity index (χ3v) is 5.07. The Bertz CT molecular complexity index is 618. The molecule has 0 unspecified atom stereocenters. The minimum Gasteiger partial charge on any atom is -0.356 e. The van der Waals surface area contributed by atoms with Gasteiger partial charge in [0, 0.05) is 45.2 Å². The van der Waals surface area contributed by atoms with Crippen molar-refractivity contribution in [2.75, 3.05) is 40.3 Å². The van der Waals surface area contributed by atoms with Crippen molar-refractivity contribution >= 4 is 11.8 Å². The van der Waals surface area contributed by atoms with Crippen LogP contribution in [0.15, 0.2) is 4.52 Å². The second-order valence-electron chi connectivity index (χ2n) is 6.55. The number of hydrogen-bond donors (Lipinski definition) is 2. The number of rotatable bonds is 3. The van der Waals surface area contributed by atoms with E-state index in [0.717, 1.165) is 32.5 Å². The minimum absolute atomic E-state index is 0.0128. The van der Waals surface area contributed by atoms with Crippen molar-refractivity contribution in [1.82, 2.24) is 30.6 Å². The molecule has 0 bridgehead atoms. The standard InChI is InChI=1S/C15H24N6O3/c1-16-14(23)13-18-12(24-19-13)9-21-8-7-20(2)15(10-21)4-3-11(22)17-6-5-15/h3-10H2,1-2H3,(H,16,23)(H,17,22)/t15-/m0/s1. The zero-order chi connectivity index (χ0) is 17.2. The number of carbonyl (C=O) groups excluding carboxylic acids is 2. The van der Waals surface area contributed by atoms with Gasteiger partial charge in [-0.25, -0.2) is 0 Å². The summed E-state index contributed by atoms with van der Waals surface area (Å²) in [7, 11) is 3.66. The van der Waals surface area contributed by atoms with E-state index in [1.54, 1.807) is 0 Å². The monoisotopic (exact) mass is 336 g/mol. The molecule has 0 aromatic carbocycles. The Balaban J connectivity index is 1.68. The summed E-state index contributed by atoms with van der Waals surface area (Å²) in [6.07, 6.45) is 2.33. The molecule has 1 aromatic heterocycles. The molecule has 1 spiro atoms. The van der Waals surface area contributed by atoms with Gasteiger partial charge in [0.05, 0.1) is 6.54 Å². The second-order valence-corrected chi connectivity index (χ2v) is 6.55. The first-order chi connectivity index (χ1) is 11.5. The highest BCUT2D eigenvalue weighted by atomic mass is 16.5. The molecule has 2 saturated heterocycles. The molecule has 24 heavy (non-hydrogen) atoms. The van der Waals surface area contributed by atoms with Crippen LogP contribution < -0.4 is 10.6 Å². The van der Waals surface area contributed by atoms with Gasteiger partial charge in [-0.1, -0.05) is 5.16 Å². The molecule has 2 amide bonds. The van der Waals surface area contributed by atoms with Crippen LogP contribution in [-0.2, 0) is 11.3 Å². The number of amides is 2. The van der Waals surface area contributed by atoms with Crippen LogP contribution in [0.1, 0.15) is 35.8 Å². The Kier molecular flexibility index (Phi) is 4.81. The Morgan fingerprint density at radius 2 is 2.25 bits per heavy atom. The van der Waals surface area contributed by atoms with Crippen molar-refractivity contribution < 1.29 is 14.1 Å². The minimum atomic E-state index is -0.354. The molecular weight excluding hydrogens is 312 g/mol. The molecule has 1 aromatic rings. The summed E-state index contributed by atoms with van der Waals surface area (Å²) in [6.45, 7) is 3.87. The summed E-state index contributed by atoms with van der Waals surface area (Å²) >= 11 is 0. The Labute approximate surface area is 140 Å². The third-order valence-electron chi connectivity index (χ3n) is 5.07. The molecule has 1 atom stereocenters. The number of likely N-dealkylation sites (N-methyl/N-ethyl adjacent to an activating group) is 1. The molecule has 0 saturated carbocycles. The van der Waals surface area contributed by atoms with Gasteiger partial charge in [0.2, 0.25) is 11.8 Å². The molecule has 132 valence electrons. The van der Waals surface area contributed by atoms with Crippen LogP contribution in [0, 0.1) is 0 Å². The number of aromatic nitrogens is 2. The van der Waals surface area contributed by atoms with Crippen LogP contribution >= 0.6 is 0 Å². The van der Waals surface area contributed by atoms with E-state index in [1.165, 1.54) is 7.05 Å². The zero-order valence-corrected chi connectivity index (χ0v) is 14.2. The topological polar surface area (TPSA) is 104 Å². The number of nitrogens with one attached hydrogen (secondary N) is 2. The zero-order valence-electron chi connectivity index (χ0n) is 14.2. The molecule has 0 radical (unpaired) electrons. The van der Waals surface area contributed by atoms with E-state index in [2.05, 4.69) is 37.6 Å². The predicted molar refractivity (Wildman–Crippen MR) is 85.2 cm³/mol. The number of hydrogen-bond acceptors (Lipinski definition) is 7. The van der Waals surface area contributed by atoms with Gasteiger partial charge in [0.1, 0.15) is 0 Å². The van der Waals surface area contributed by atoms with Crippen LogP contribution in [-0.4, -0.2) is 77.6 Å². The fourth-order valence-electron chi connectivity index (χ4n) is 3.53. The lowest BCUT2D eigenvalue weighted by atomic mass is 9.86. The fraction of sp³-hybridized carbons (Fsp3) is 0.733.